The van der Waals surface area contributed by atoms with Crippen molar-refractivity contribution in [2.24, 2.45) is 0 Å². The van der Waals surface area contributed by atoms with Crippen LogP contribution in [0.15, 0.2) is 85.1 Å². The third-order valence-electron chi connectivity index (χ3n) is 6.06. The molecule has 34 heavy (non-hydrogen) atoms. The molecule has 1 amide bonds. The number of nitrogens with zero attached hydrogens (tertiary/aromatic N) is 4. The van der Waals surface area contributed by atoms with Gasteiger partial charge in [0.25, 0.3) is 5.91 Å². The molecule has 0 N–H and O–H groups in total. The standard InChI is InChI=1S/C27H24Cl2N4O/c28-24-12-11-20(17-25(24)29)18-31-13-15-32(16-14-31)27(34)23-19-33(22-9-5-2-6-10-22)30-26(23)21-7-3-1-4-8-21/h1-12,17,19H,13-16,18H2. The molecule has 0 spiro atoms. The highest BCUT2D eigenvalue weighted by molar-refractivity contribution is 6.42. The molecule has 2 heterocycles. The summed E-state index contributed by atoms with van der Waals surface area (Å²) in [6, 6.07) is 25.5. The Labute approximate surface area is 209 Å². The molecule has 5 nitrogen and oxygen atoms in total. The highest BCUT2D eigenvalue weighted by atomic mass is 35.5. The fraction of sp³-hybridized carbons (Fsp3) is 0.185. The van der Waals surface area contributed by atoms with Gasteiger partial charge in [0, 0.05) is 44.5 Å². The molecule has 0 atom stereocenters. The molecule has 1 aliphatic rings. The molecule has 0 saturated carbocycles. The Kier molecular flexibility index (Phi) is 6.68. The zero-order chi connectivity index (χ0) is 23.5. The maximum absolute atomic E-state index is 13.6. The van der Waals surface area contributed by atoms with E-state index in [2.05, 4.69) is 4.90 Å². The van der Waals surface area contributed by atoms with Crippen molar-refractivity contribution in [3.8, 4) is 16.9 Å². The predicted molar refractivity (Wildman–Crippen MR) is 137 cm³/mol. The van der Waals surface area contributed by atoms with E-state index >= 15 is 0 Å². The third kappa shape index (κ3) is 4.87. The summed E-state index contributed by atoms with van der Waals surface area (Å²) in [5.74, 6) is 0.00946. The van der Waals surface area contributed by atoms with Gasteiger partial charge in [-0.25, -0.2) is 4.68 Å². The fourth-order valence-electron chi connectivity index (χ4n) is 4.23. The minimum Gasteiger partial charge on any atom is -0.336 e. The Morgan fingerprint density at radius 3 is 2.18 bits per heavy atom. The van der Waals surface area contributed by atoms with Gasteiger partial charge in [-0.05, 0) is 29.8 Å². The van der Waals surface area contributed by atoms with Gasteiger partial charge >= 0.3 is 0 Å². The second-order valence-corrected chi connectivity index (χ2v) is 9.17. The Morgan fingerprint density at radius 2 is 1.50 bits per heavy atom. The van der Waals surface area contributed by atoms with Crippen LogP contribution in [-0.2, 0) is 6.54 Å². The number of halogens is 2. The van der Waals surface area contributed by atoms with E-state index in [1.54, 1.807) is 4.68 Å². The first kappa shape index (κ1) is 22.7. The number of piperazine rings is 1. The van der Waals surface area contributed by atoms with Crippen LogP contribution in [0.4, 0.5) is 0 Å². The quantitative estimate of drug-likeness (QED) is 0.354. The molecule has 3 aromatic carbocycles. The largest absolute Gasteiger partial charge is 0.336 e. The number of rotatable bonds is 5. The third-order valence-corrected chi connectivity index (χ3v) is 6.80. The summed E-state index contributed by atoms with van der Waals surface area (Å²) in [4.78, 5) is 17.9. The number of carbonyl (C=O) groups excluding carboxylic acids is 1. The Bertz CT molecular complexity index is 1280. The average molecular weight is 491 g/mol. The van der Waals surface area contributed by atoms with E-state index in [0.717, 1.165) is 36.4 Å². The van der Waals surface area contributed by atoms with E-state index in [1.807, 2.05) is 90.0 Å². The SMILES string of the molecule is O=C(c1cn(-c2ccccc2)nc1-c1ccccc1)N1CCN(Cc2ccc(Cl)c(Cl)c2)CC1. The summed E-state index contributed by atoms with van der Waals surface area (Å²) in [5.41, 5.74) is 4.29. The minimum absolute atomic E-state index is 0.00946. The Balaban J connectivity index is 1.34. The lowest BCUT2D eigenvalue weighted by Crippen LogP contribution is -2.48. The number of carbonyl (C=O) groups is 1. The van der Waals surface area contributed by atoms with Crippen LogP contribution in [0.3, 0.4) is 0 Å². The Morgan fingerprint density at radius 1 is 0.824 bits per heavy atom. The van der Waals surface area contributed by atoms with Crippen molar-refractivity contribution >= 4 is 29.1 Å². The van der Waals surface area contributed by atoms with Crippen molar-refractivity contribution in [2.45, 2.75) is 6.54 Å². The van der Waals surface area contributed by atoms with Gasteiger partial charge in [-0.1, -0.05) is 77.8 Å². The van der Waals surface area contributed by atoms with Crippen LogP contribution in [-0.4, -0.2) is 51.7 Å². The van der Waals surface area contributed by atoms with Crippen LogP contribution in [0.5, 0.6) is 0 Å². The van der Waals surface area contributed by atoms with Crippen molar-refractivity contribution in [3.05, 3.63) is 106 Å². The molecule has 4 aromatic rings. The molecule has 0 aliphatic carbocycles. The van der Waals surface area contributed by atoms with Gasteiger partial charge in [0.2, 0.25) is 0 Å². The zero-order valence-corrected chi connectivity index (χ0v) is 20.1. The molecule has 0 radical (unpaired) electrons. The normalized spacial score (nSPS) is 14.4. The van der Waals surface area contributed by atoms with Gasteiger partial charge in [-0.2, -0.15) is 5.10 Å². The second kappa shape index (κ2) is 10.0. The van der Waals surface area contributed by atoms with Crippen LogP contribution in [0, 0.1) is 0 Å². The molecule has 1 aromatic heterocycles. The number of amides is 1. The molecule has 1 fully saturated rings. The highest BCUT2D eigenvalue weighted by Gasteiger charge is 2.26. The molecule has 5 rings (SSSR count). The smallest absolute Gasteiger partial charge is 0.257 e. The lowest BCUT2D eigenvalue weighted by Gasteiger charge is -2.34. The van der Waals surface area contributed by atoms with Crippen LogP contribution < -0.4 is 0 Å². The van der Waals surface area contributed by atoms with Gasteiger partial charge in [0.1, 0.15) is 5.69 Å². The number of hydrogen-bond donors (Lipinski definition) is 0. The van der Waals surface area contributed by atoms with E-state index < -0.39 is 0 Å². The molecule has 1 saturated heterocycles. The monoisotopic (exact) mass is 490 g/mol. The lowest BCUT2D eigenvalue weighted by atomic mass is 10.1. The van der Waals surface area contributed by atoms with Crippen molar-refractivity contribution in [2.75, 3.05) is 26.2 Å². The van der Waals surface area contributed by atoms with Crippen molar-refractivity contribution in [3.63, 3.8) is 0 Å². The molecule has 172 valence electrons. The maximum atomic E-state index is 13.6. The van der Waals surface area contributed by atoms with Crippen LogP contribution >= 0.6 is 23.2 Å². The Hall–Kier alpha value is -3.12. The first-order valence-electron chi connectivity index (χ1n) is 11.2. The summed E-state index contributed by atoms with van der Waals surface area (Å²) in [6.45, 7) is 3.68. The van der Waals surface area contributed by atoms with E-state index in [9.17, 15) is 4.79 Å². The number of hydrogen-bond acceptors (Lipinski definition) is 3. The summed E-state index contributed by atoms with van der Waals surface area (Å²) < 4.78 is 1.79. The van der Waals surface area contributed by atoms with E-state index in [-0.39, 0.29) is 5.91 Å². The number of benzene rings is 3. The number of para-hydroxylation sites is 1. The zero-order valence-electron chi connectivity index (χ0n) is 18.6. The van der Waals surface area contributed by atoms with E-state index in [0.29, 0.717) is 34.4 Å². The minimum atomic E-state index is 0.00946. The van der Waals surface area contributed by atoms with Crippen molar-refractivity contribution < 1.29 is 4.79 Å². The van der Waals surface area contributed by atoms with Crippen LogP contribution in [0.1, 0.15) is 15.9 Å². The van der Waals surface area contributed by atoms with Gasteiger partial charge in [0.15, 0.2) is 0 Å². The van der Waals surface area contributed by atoms with Crippen molar-refractivity contribution in [1.29, 1.82) is 0 Å². The van der Waals surface area contributed by atoms with Gasteiger partial charge in [-0.3, -0.25) is 9.69 Å². The summed E-state index contributed by atoms with van der Waals surface area (Å²) >= 11 is 12.2. The summed E-state index contributed by atoms with van der Waals surface area (Å²) in [6.07, 6.45) is 1.85. The first-order valence-corrected chi connectivity index (χ1v) is 12.0. The first-order chi connectivity index (χ1) is 16.6. The van der Waals surface area contributed by atoms with Crippen LogP contribution in [0.2, 0.25) is 10.0 Å². The molecule has 7 heteroatoms. The van der Waals surface area contributed by atoms with Gasteiger partial charge in [-0.15, -0.1) is 0 Å². The summed E-state index contributed by atoms with van der Waals surface area (Å²) in [7, 11) is 0. The summed E-state index contributed by atoms with van der Waals surface area (Å²) in [5, 5.41) is 5.92. The van der Waals surface area contributed by atoms with Gasteiger partial charge in [0.05, 0.1) is 21.3 Å². The number of aromatic nitrogens is 2. The highest BCUT2D eigenvalue weighted by Crippen LogP contribution is 2.26. The topological polar surface area (TPSA) is 41.4 Å². The molecular weight excluding hydrogens is 467 g/mol. The predicted octanol–water partition coefficient (Wildman–Crippen LogP) is 5.80. The van der Waals surface area contributed by atoms with Crippen molar-refractivity contribution in [1.82, 2.24) is 19.6 Å². The fourth-order valence-corrected chi connectivity index (χ4v) is 4.55. The molecular formula is C27H24Cl2N4O. The molecule has 0 unspecified atom stereocenters. The average Bonchev–Trinajstić information content (AvgIpc) is 3.33. The van der Waals surface area contributed by atoms with Crippen LogP contribution in [0.25, 0.3) is 16.9 Å². The second-order valence-electron chi connectivity index (χ2n) is 8.35. The molecule has 1 aliphatic heterocycles. The maximum Gasteiger partial charge on any atom is 0.257 e. The lowest BCUT2D eigenvalue weighted by molar-refractivity contribution is 0.0629. The van der Waals surface area contributed by atoms with E-state index in [4.69, 9.17) is 28.3 Å². The van der Waals surface area contributed by atoms with E-state index in [1.165, 1.54) is 0 Å². The molecule has 0 bridgehead atoms. The van der Waals surface area contributed by atoms with Gasteiger partial charge < -0.3 is 4.90 Å².